The maximum absolute atomic E-state index is 10.0. The van der Waals surface area contributed by atoms with Crippen LogP contribution in [0.25, 0.3) is 21.3 Å². The van der Waals surface area contributed by atoms with Gasteiger partial charge in [-0.15, -0.1) is 26.2 Å². The molecule has 5 heterocycles. The first kappa shape index (κ1) is 30.7. The van der Waals surface area contributed by atoms with Gasteiger partial charge in [0, 0.05) is 11.9 Å². The van der Waals surface area contributed by atoms with Gasteiger partial charge < -0.3 is 31.4 Å². The van der Waals surface area contributed by atoms with Crippen molar-refractivity contribution in [1.29, 1.82) is 0 Å². The van der Waals surface area contributed by atoms with Crippen LogP contribution in [0.3, 0.4) is 0 Å². The van der Waals surface area contributed by atoms with E-state index in [9.17, 15) is 4.79 Å². The summed E-state index contributed by atoms with van der Waals surface area (Å²) in [6.07, 6.45) is 18.9. The van der Waals surface area contributed by atoms with Crippen LogP contribution < -0.4 is 0 Å². The van der Waals surface area contributed by atoms with Crippen molar-refractivity contribution >= 4 is 15.6 Å². The van der Waals surface area contributed by atoms with E-state index in [0.29, 0.717) is 29.9 Å². The Labute approximate surface area is 225 Å². The molecule has 0 amide bonds. The van der Waals surface area contributed by atoms with Crippen molar-refractivity contribution in [1.82, 2.24) is 9.97 Å². The Morgan fingerprint density at radius 2 is 1.17 bits per heavy atom. The Kier molecular flexibility index (Phi) is 17.1. The van der Waals surface area contributed by atoms with Gasteiger partial charge in [0.05, 0.1) is 12.7 Å². The number of carboxylic acids is 1. The Hall–Kier alpha value is -0.554. The summed E-state index contributed by atoms with van der Waals surface area (Å²) in [5.74, 6) is -0.848. The predicted molar refractivity (Wildman–Crippen MR) is 139 cm³/mol. The van der Waals surface area contributed by atoms with Gasteiger partial charge in [-0.2, -0.15) is 24.2 Å². The molecule has 1 aromatic rings. The summed E-state index contributed by atoms with van der Waals surface area (Å²) in [7, 11) is 4.67. The molecule has 5 rings (SSSR count). The molecule has 0 saturated carbocycles. The fourth-order valence-electron chi connectivity index (χ4n) is 5.06. The summed E-state index contributed by atoms with van der Waals surface area (Å²) in [5, 5.41) is 26.9. The number of piperidine rings is 4. The second-order valence-corrected chi connectivity index (χ2v) is 9.52. The van der Waals surface area contributed by atoms with Gasteiger partial charge in [-0.05, 0) is 0 Å². The standard InChI is InChI=1S/2C10H18N2.C5H6N2O2.ClH.Os/c2*1-3-7-11-9(5-1)10-6-2-4-8-12-10;8-5(9)1-4-2-6-3-7-4;;/h2*9-10H,1-8H2;2-3H,1H2,(H,6,7)(H,8,9);1H;/q2*-2;;;+1/p-1. The number of hydrogen-bond acceptors (Lipinski definition) is 2. The Morgan fingerprint density at radius 1 is 0.800 bits per heavy atom. The average Bonchev–Trinajstić information content (AvgIpc) is 3.45. The fraction of sp³-hybridized carbons (Fsp3) is 0.840. The molecule has 4 aliphatic heterocycles. The predicted octanol–water partition coefficient (Wildman–Crippen LogP) is 6.40. The van der Waals surface area contributed by atoms with E-state index >= 15 is 0 Å². The van der Waals surface area contributed by atoms with Crippen molar-refractivity contribution in [3.8, 4) is 0 Å². The minimum atomic E-state index is -0.848. The van der Waals surface area contributed by atoms with Gasteiger partial charge in [-0.3, -0.25) is 4.79 Å². The fourth-order valence-corrected chi connectivity index (χ4v) is 5.06. The summed E-state index contributed by atoms with van der Waals surface area (Å²) in [6.45, 7) is 4.38. The zero-order valence-corrected chi connectivity index (χ0v) is 24.1. The van der Waals surface area contributed by atoms with Gasteiger partial charge >= 0.3 is 33.2 Å². The number of nitrogens with zero attached hydrogens (tertiary/aromatic N) is 5. The molecule has 4 aliphatic rings. The SMILES string of the molecule is C1CCC(C2CCCC[N-]2)[N-]C1.C1CCC(C2CCCC[N-]2)[N-]C1.O=C(O)Cc1cnc[nH]1.[Cl][Os]. The van der Waals surface area contributed by atoms with Crippen LogP contribution in [0.15, 0.2) is 12.5 Å². The topological polar surface area (TPSA) is 122 Å². The first-order chi connectivity index (χ1) is 17.2. The van der Waals surface area contributed by atoms with E-state index in [1.54, 1.807) is 0 Å². The van der Waals surface area contributed by atoms with E-state index in [-0.39, 0.29) is 6.42 Å². The molecule has 0 aromatic carbocycles. The van der Waals surface area contributed by atoms with Crippen LogP contribution in [-0.4, -0.2) is 71.4 Å². The van der Waals surface area contributed by atoms with Crippen molar-refractivity contribution in [2.24, 2.45) is 0 Å². The molecule has 8 nitrogen and oxygen atoms in total. The number of hydrogen-bond donors (Lipinski definition) is 2. The Morgan fingerprint density at radius 3 is 1.40 bits per heavy atom. The van der Waals surface area contributed by atoms with Gasteiger partial charge in [-0.1, -0.05) is 77.0 Å². The third-order valence-electron chi connectivity index (χ3n) is 6.87. The zero-order chi connectivity index (χ0) is 25.1. The van der Waals surface area contributed by atoms with E-state index < -0.39 is 5.97 Å². The molecular weight excluding hydrogens is 642 g/mol. The molecule has 35 heavy (non-hydrogen) atoms. The molecule has 203 valence electrons. The van der Waals surface area contributed by atoms with E-state index in [1.165, 1.54) is 107 Å². The van der Waals surface area contributed by atoms with Crippen LogP contribution in [0.2, 0.25) is 0 Å². The molecule has 0 bridgehead atoms. The number of rotatable bonds is 4. The Bertz CT molecular complexity index is 566. The van der Waals surface area contributed by atoms with Crippen LogP contribution in [0.4, 0.5) is 0 Å². The summed E-state index contributed by atoms with van der Waals surface area (Å²) >= 11 is 1.33. The second-order valence-electron chi connectivity index (χ2n) is 9.52. The molecule has 1 aromatic heterocycles. The van der Waals surface area contributed by atoms with Gasteiger partial charge in [0.25, 0.3) is 0 Å². The van der Waals surface area contributed by atoms with Gasteiger partial charge in [-0.25, -0.2) is 4.98 Å². The third kappa shape index (κ3) is 13.0. The summed E-state index contributed by atoms with van der Waals surface area (Å²) < 4.78 is 0. The first-order valence-corrected chi connectivity index (χ1v) is 16.4. The van der Waals surface area contributed by atoms with Crippen molar-refractivity contribution in [3.05, 3.63) is 39.5 Å². The molecule has 0 aliphatic carbocycles. The van der Waals surface area contributed by atoms with Crippen molar-refractivity contribution in [2.75, 3.05) is 26.2 Å². The molecular formula is C25H42ClN6O2Os-4. The van der Waals surface area contributed by atoms with Crippen LogP contribution in [0.5, 0.6) is 0 Å². The average molecular weight is 684 g/mol. The first-order valence-electron chi connectivity index (χ1n) is 13.2. The van der Waals surface area contributed by atoms with Crippen LogP contribution in [0.1, 0.15) is 82.7 Å². The summed E-state index contributed by atoms with van der Waals surface area (Å²) in [6, 6.07) is 2.39. The molecule has 0 spiro atoms. The number of carbonyl (C=O) groups is 1. The van der Waals surface area contributed by atoms with Gasteiger partial charge in [0.1, 0.15) is 0 Å². The van der Waals surface area contributed by atoms with Gasteiger partial charge in [0.2, 0.25) is 0 Å². The number of halogens is 1. The quantitative estimate of drug-likeness (QED) is 0.382. The van der Waals surface area contributed by atoms with Crippen molar-refractivity contribution in [2.45, 2.75) is 108 Å². The number of aromatic amines is 1. The van der Waals surface area contributed by atoms with Crippen LogP contribution in [-0.2, 0) is 28.8 Å². The molecule has 4 fully saturated rings. The number of aliphatic carboxylic acids is 1. The Balaban J connectivity index is 0.000000181. The molecule has 4 atom stereocenters. The summed E-state index contributed by atoms with van der Waals surface area (Å²) in [4.78, 5) is 16.4. The van der Waals surface area contributed by atoms with Gasteiger partial charge in [0.15, 0.2) is 0 Å². The molecule has 2 N–H and O–H groups in total. The van der Waals surface area contributed by atoms with Crippen molar-refractivity contribution in [3.63, 3.8) is 0 Å². The number of carboxylic acid groups (broad SMARTS) is 1. The number of nitrogens with one attached hydrogen (secondary N) is 1. The number of aromatic nitrogens is 2. The van der Waals surface area contributed by atoms with Crippen LogP contribution >= 0.6 is 9.64 Å². The normalized spacial score (nSPS) is 28.6. The summed E-state index contributed by atoms with van der Waals surface area (Å²) in [5.41, 5.74) is 0.627. The number of H-pyrrole nitrogens is 1. The molecule has 4 unspecified atom stereocenters. The maximum atomic E-state index is 10.0. The van der Waals surface area contributed by atoms with Crippen LogP contribution in [0, 0.1) is 0 Å². The monoisotopic (exact) mass is 685 g/mol. The van der Waals surface area contributed by atoms with E-state index in [2.05, 4.69) is 40.9 Å². The second kappa shape index (κ2) is 19.5. The molecule has 10 heteroatoms. The van der Waals surface area contributed by atoms with E-state index in [4.69, 9.17) is 5.11 Å². The third-order valence-corrected chi connectivity index (χ3v) is 6.87. The number of imidazole rings is 1. The minimum absolute atomic E-state index is 0.0139. The zero-order valence-electron chi connectivity index (χ0n) is 20.8. The molecule has 0 radical (unpaired) electrons. The van der Waals surface area contributed by atoms with E-state index in [0.717, 1.165) is 26.2 Å². The van der Waals surface area contributed by atoms with Crippen molar-refractivity contribution < 1.29 is 27.5 Å². The molecule has 4 saturated heterocycles. The van der Waals surface area contributed by atoms with E-state index in [1.807, 2.05) is 0 Å².